The summed E-state index contributed by atoms with van der Waals surface area (Å²) in [5, 5.41) is 6.08. The van der Waals surface area contributed by atoms with Crippen LogP contribution in [0.2, 0.25) is 0 Å². The first-order chi connectivity index (χ1) is 10.0. The van der Waals surface area contributed by atoms with E-state index >= 15 is 0 Å². The lowest BCUT2D eigenvalue weighted by atomic mass is 9.85. The molecule has 6 nitrogen and oxygen atoms in total. The van der Waals surface area contributed by atoms with Gasteiger partial charge in [0, 0.05) is 39.1 Å². The maximum atomic E-state index is 11.7. The summed E-state index contributed by atoms with van der Waals surface area (Å²) in [5.41, 5.74) is -0.233. The number of hydrogen-bond donors (Lipinski definition) is 2. The van der Waals surface area contributed by atoms with Crippen molar-refractivity contribution in [1.82, 2.24) is 15.5 Å². The highest BCUT2D eigenvalue weighted by Gasteiger charge is 2.43. The molecule has 2 fully saturated rings. The van der Waals surface area contributed by atoms with Crippen LogP contribution in [0.5, 0.6) is 0 Å². The Morgan fingerprint density at radius 3 is 2.62 bits per heavy atom. The van der Waals surface area contributed by atoms with Gasteiger partial charge < -0.3 is 25.1 Å². The van der Waals surface area contributed by atoms with Crippen LogP contribution in [0.1, 0.15) is 26.7 Å². The van der Waals surface area contributed by atoms with Crippen LogP contribution in [0.4, 0.5) is 4.79 Å². The van der Waals surface area contributed by atoms with E-state index in [1.54, 1.807) is 7.05 Å². The van der Waals surface area contributed by atoms with E-state index in [1.165, 1.54) is 0 Å². The largest absolute Gasteiger partial charge is 0.368 e. The highest BCUT2D eigenvalue weighted by atomic mass is 16.5. The van der Waals surface area contributed by atoms with E-state index in [0.29, 0.717) is 13.1 Å². The number of nitrogens with zero attached hydrogens (tertiary/aromatic N) is 1. The third kappa shape index (κ3) is 3.55. The third-order valence-corrected chi connectivity index (χ3v) is 4.73. The maximum Gasteiger partial charge on any atom is 0.317 e. The van der Waals surface area contributed by atoms with Crippen LogP contribution in [0.25, 0.3) is 0 Å². The summed E-state index contributed by atoms with van der Waals surface area (Å²) in [6, 6.07) is -0.0295. The molecular formula is C15H27N3O3. The Hall–Kier alpha value is -1.14. The summed E-state index contributed by atoms with van der Waals surface area (Å²) in [4.78, 5) is 24.8. The van der Waals surface area contributed by atoms with Crippen LogP contribution in [0.3, 0.4) is 0 Å². The van der Waals surface area contributed by atoms with Gasteiger partial charge in [-0.25, -0.2) is 4.79 Å². The standard InChI is InChI=1S/C15H27N3O3/c1-11(2)12(9-19)13-8-17-10-15(21-13)4-6-18(7-5-15)14(20)16-3/h9,11-13,17H,4-8,10H2,1-3H3,(H,16,20). The van der Waals surface area contributed by atoms with Crippen LogP contribution in [-0.4, -0.2) is 62.1 Å². The van der Waals surface area contributed by atoms with E-state index in [0.717, 1.165) is 32.2 Å². The number of amides is 2. The third-order valence-electron chi connectivity index (χ3n) is 4.73. The van der Waals surface area contributed by atoms with Crippen molar-refractivity contribution >= 4 is 12.3 Å². The monoisotopic (exact) mass is 297 g/mol. The van der Waals surface area contributed by atoms with Gasteiger partial charge in [-0.1, -0.05) is 13.8 Å². The van der Waals surface area contributed by atoms with Gasteiger partial charge in [0.15, 0.2) is 0 Å². The Morgan fingerprint density at radius 1 is 1.43 bits per heavy atom. The van der Waals surface area contributed by atoms with Gasteiger partial charge in [0.05, 0.1) is 11.7 Å². The van der Waals surface area contributed by atoms with Crippen molar-refractivity contribution in [3.05, 3.63) is 0 Å². The highest BCUT2D eigenvalue weighted by molar-refractivity contribution is 5.73. The molecule has 0 aromatic carbocycles. The summed E-state index contributed by atoms with van der Waals surface area (Å²) < 4.78 is 6.34. The Kier molecular flexibility index (Phi) is 5.22. The summed E-state index contributed by atoms with van der Waals surface area (Å²) in [6.45, 7) is 7.02. The molecule has 0 saturated carbocycles. The van der Waals surface area contributed by atoms with Crippen LogP contribution in [0, 0.1) is 11.8 Å². The molecule has 2 heterocycles. The number of urea groups is 1. The second kappa shape index (κ2) is 6.75. The fraction of sp³-hybridized carbons (Fsp3) is 0.867. The SMILES string of the molecule is CNC(=O)N1CCC2(CC1)CNCC(C(C=O)C(C)C)O2. The molecule has 0 aromatic heterocycles. The fourth-order valence-corrected chi connectivity index (χ4v) is 3.31. The number of hydrogen-bond acceptors (Lipinski definition) is 4. The first-order valence-corrected chi connectivity index (χ1v) is 7.82. The number of piperidine rings is 1. The fourth-order valence-electron chi connectivity index (χ4n) is 3.31. The molecule has 0 bridgehead atoms. The van der Waals surface area contributed by atoms with Gasteiger partial charge in [-0.2, -0.15) is 0 Å². The molecule has 6 heteroatoms. The number of morpholine rings is 1. The van der Waals surface area contributed by atoms with E-state index in [1.807, 2.05) is 4.90 Å². The summed E-state index contributed by atoms with van der Waals surface area (Å²) in [5.74, 6) is 0.196. The number of nitrogens with one attached hydrogen (secondary N) is 2. The number of likely N-dealkylation sites (tertiary alicyclic amines) is 1. The molecular weight excluding hydrogens is 270 g/mol. The van der Waals surface area contributed by atoms with E-state index in [9.17, 15) is 9.59 Å². The first kappa shape index (κ1) is 16.2. The molecule has 2 aliphatic heterocycles. The molecule has 2 atom stereocenters. The Morgan fingerprint density at radius 2 is 2.10 bits per heavy atom. The smallest absolute Gasteiger partial charge is 0.317 e. The molecule has 0 aromatic rings. The second-order valence-electron chi connectivity index (χ2n) is 6.47. The molecule has 2 N–H and O–H groups in total. The Labute approximate surface area is 126 Å². The van der Waals surface area contributed by atoms with Gasteiger partial charge in [0.2, 0.25) is 0 Å². The Bertz CT molecular complexity index is 378. The van der Waals surface area contributed by atoms with Gasteiger partial charge in [0.1, 0.15) is 6.29 Å². The van der Waals surface area contributed by atoms with Crippen LogP contribution >= 0.6 is 0 Å². The molecule has 0 aliphatic carbocycles. The molecule has 21 heavy (non-hydrogen) atoms. The molecule has 2 unspecified atom stereocenters. The van der Waals surface area contributed by atoms with Crippen LogP contribution < -0.4 is 10.6 Å². The zero-order valence-corrected chi connectivity index (χ0v) is 13.2. The molecule has 2 rings (SSSR count). The molecule has 2 saturated heterocycles. The number of carbonyl (C=O) groups is 2. The lowest BCUT2D eigenvalue weighted by Gasteiger charge is -2.48. The van der Waals surface area contributed by atoms with E-state index in [2.05, 4.69) is 24.5 Å². The van der Waals surface area contributed by atoms with E-state index < -0.39 is 0 Å². The van der Waals surface area contributed by atoms with Crippen molar-refractivity contribution in [2.45, 2.75) is 38.4 Å². The van der Waals surface area contributed by atoms with Gasteiger partial charge >= 0.3 is 6.03 Å². The van der Waals surface area contributed by atoms with Gasteiger partial charge in [-0.05, 0) is 18.8 Å². The summed E-state index contributed by atoms with van der Waals surface area (Å²) in [6.07, 6.45) is 2.58. The average molecular weight is 297 g/mol. The first-order valence-electron chi connectivity index (χ1n) is 7.82. The topological polar surface area (TPSA) is 70.7 Å². The number of carbonyl (C=O) groups excluding carboxylic acids is 2. The minimum absolute atomic E-state index is 0.0295. The van der Waals surface area contributed by atoms with Crippen molar-refractivity contribution in [2.24, 2.45) is 11.8 Å². The van der Waals surface area contributed by atoms with Crippen LogP contribution in [-0.2, 0) is 9.53 Å². The van der Waals surface area contributed by atoms with Crippen LogP contribution in [0.15, 0.2) is 0 Å². The van der Waals surface area contributed by atoms with Gasteiger partial charge in [-0.15, -0.1) is 0 Å². The van der Waals surface area contributed by atoms with Crippen molar-refractivity contribution in [1.29, 1.82) is 0 Å². The number of rotatable bonds is 3. The van der Waals surface area contributed by atoms with Crippen molar-refractivity contribution in [3.63, 3.8) is 0 Å². The predicted molar refractivity (Wildman–Crippen MR) is 80.1 cm³/mol. The number of aldehydes is 1. The number of ether oxygens (including phenoxy) is 1. The van der Waals surface area contributed by atoms with Gasteiger partial charge in [-0.3, -0.25) is 0 Å². The summed E-state index contributed by atoms with van der Waals surface area (Å²) in [7, 11) is 1.65. The zero-order valence-electron chi connectivity index (χ0n) is 13.2. The zero-order chi connectivity index (χ0) is 15.5. The maximum absolute atomic E-state index is 11.7. The van der Waals surface area contributed by atoms with Crippen molar-refractivity contribution < 1.29 is 14.3 Å². The molecule has 1 spiro atoms. The Balaban J connectivity index is 1.98. The van der Waals surface area contributed by atoms with Crippen molar-refractivity contribution in [2.75, 3.05) is 33.2 Å². The van der Waals surface area contributed by atoms with E-state index in [4.69, 9.17) is 4.74 Å². The quantitative estimate of drug-likeness (QED) is 0.749. The molecule has 2 amide bonds. The van der Waals surface area contributed by atoms with Crippen molar-refractivity contribution in [3.8, 4) is 0 Å². The predicted octanol–water partition coefficient (Wildman–Crippen LogP) is 0.620. The van der Waals surface area contributed by atoms with Gasteiger partial charge in [0.25, 0.3) is 0 Å². The normalized spacial score (nSPS) is 26.7. The highest BCUT2D eigenvalue weighted by Crippen LogP contribution is 2.32. The molecule has 2 aliphatic rings. The minimum atomic E-state index is -0.233. The van der Waals surface area contributed by atoms with E-state index in [-0.39, 0.29) is 29.6 Å². The average Bonchev–Trinajstić information content (AvgIpc) is 2.48. The molecule has 120 valence electrons. The minimum Gasteiger partial charge on any atom is -0.368 e. The summed E-state index contributed by atoms with van der Waals surface area (Å²) >= 11 is 0. The molecule has 0 radical (unpaired) electrons. The second-order valence-corrected chi connectivity index (χ2v) is 6.47. The lowest BCUT2D eigenvalue weighted by molar-refractivity contribution is -0.162. The lowest BCUT2D eigenvalue weighted by Crippen LogP contribution is -2.61.